The maximum atomic E-state index is 5.21. The molecule has 0 saturated carbocycles. The minimum Gasteiger partial charge on any atom is -0.497 e. The van der Waals surface area contributed by atoms with Gasteiger partial charge in [0, 0.05) is 9.61 Å². The summed E-state index contributed by atoms with van der Waals surface area (Å²) in [6.07, 6.45) is 2.16. The summed E-state index contributed by atoms with van der Waals surface area (Å²) in [4.78, 5) is 0. The van der Waals surface area contributed by atoms with Gasteiger partial charge < -0.3 is 10.1 Å². The van der Waals surface area contributed by atoms with Gasteiger partial charge in [-0.1, -0.05) is 37.3 Å². The van der Waals surface area contributed by atoms with Crippen LogP contribution in [0.5, 0.6) is 5.75 Å². The van der Waals surface area contributed by atoms with Crippen molar-refractivity contribution in [1.82, 2.24) is 5.32 Å². The van der Waals surface area contributed by atoms with Crippen LogP contribution in [0.15, 0.2) is 48.5 Å². The third-order valence-corrected chi connectivity index (χ3v) is 4.59. The maximum Gasteiger partial charge on any atom is 0.118 e. The lowest BCUT2D eigenvalue weighted by Gasteiger charge is -2.20. The molecule has 0 aromatic heterocycles. The van der Waals surface area contributed by atoms with Crippen LogP contribution >= 0.6 is 22.6 Å². The lowest BCUT2D eigenvalue weighted by atomic mass is 9.99. The lowest BCUT2D eigenvalue weighted by molar-refractivity contribution is 0.414. The van der Waals surface area contributed by atoms with E-state index < -0.39 is 0 Å². The first kappa shape index (κ1) is 16.3. The zero-order valence-corrected chi connectivity index (χ0v) is 14.8. The van der Waals surface area contributed by atoms with E-state index in [1.807, 2.05) is 12.1 Å². The van der Waals surface area contributed by atoms with E-state index >= 15 is 0 Å². The van der Waals surface area contributed by atoms with Crippen LogP contribution in [-0.2, 0) is 6.42 Å². The molecule has 1 unspecified atom stereocenters. The van der Waals surface area contributed by atoms with Crippen LogP contribution in [0.2, 0.25) is 0 Å². The normalized spacial score (nSPS) is 12.1. The zero-order chi connectivity index (χ0) is 15.1. The predicted octanol–water partition coefficient (Wildman–Crippen LogP) is 4.58. The Labute approximate surface area is 141 Å². The Balaban J connectivity index is 2.04. The molecule has 1 N–H and O–H groups in total. The number of benzene rings is 2. The van der Waals surface area contributed by atoms with Crippen molar-refractivity contribution in [2.24, 2.45) is 0 Å². The molecule has 2 aromatic carbocycles. The monoisotopic (exact) mass is 395 g/mol. The molecule has 0 bridgehead atoms. The number of nitrogens with one attached hydrogen (secondary N) is 1. The molecule has 0 saturated heterocycles. The van der Waals surface area contributed by atoms with Crippen molar-refractivity contribution in [3.63, 3.8) is 0 Å². The summed E-state index contributed by atoms with van der Waals surface area (Å²) in [7, 11) is 1.70. The van der Waals surface area contributed by atoms with Crippen LogP contribution in [0.4, 0.5) is 0 Å². The van der Waals surface area contributed by atoms with E-state index in [1.54, 1.807) is 7.11 Å². The summed E-state index contributed by atoms with van der Waals surface area (Å²) in [6, 6.07) is 17.4. The van der Waals surface area contributed by atoms with Gasteiger partial charge in [-0.25, -0.2) is 0 Å². The van der Waals surface area contributed by atoms with Gasteiger partial charge in [-0.05, 0) is 71.3 Å². The number of methoxy groups -OCH3 is 1. The van der Waals surface area contributed by atoms with E-state index in [-0.39, 0.29) is 0 Å². The molecule has 112 valence electrons. The molecule has 0 aliphatic heterocycles. The average molecular weight is 395 g/mol. The summed E-state index contributed by atoms with van der Waals surface area (Å²) in [5.74, 6) is 0.916. The van der Waals surface area contributed by atoms with Gasteiger partial charge >= 0.3 is 0 Å². The Morgan fingerprint density at radius 3 is 2.43 bits per heavy atom. The van der Waals surface area contributed by atoms with E-state index in [4.69, 9.17) is 4.74 Å². The van der Waals surface area contributed by atoms with Crippen molar-refractivity contribution in [2.45, 2.75) is 25.8 Å². The predicted molar refractivity (Wildman–Crippen MR) is 96.9 cm³/mol. The van der Waals surface area contributed by atoms with Gasteiger partial charge in [0.2, 0.25) is 0 Å². The quantitative estimate of drug-likeness (QED) is 0.693. The highest BCUT2D eigenvalue weighted by Crippen LogP contribution is 2.24. The molecule has 2 aromatic rings. The molecular formula is C18H22INO. The van der Waals surface area contributed by atoms with Gasteiger partial charge in [-0.15, -0.1) is 0 Å². The molecule has 0 fully saturated rings. The summed E-state index contributed by atoms with van der Waals surface area (Å²) >= 11 is 2.42. The number of rotatable bonds is 7. The van der Waals surface area contributed by atoms with Crippen LogP contribution < -0.4 is 10.1 Å². The molecule has 0 aliphatic rings. The van der Waals surface area contributed by atoms with Crippen LogP contribution in [0.25, 0.3) is 0 Å². The fraction of sp³-hybridized carbons (Fsp3) is 0.333. The van der Waals surface area contributed by atoms with Gasteiger partial charge in [-0.3, -0.25) is 0 Å². The molecule has 21 heavy (non-hydrogen) atoms. The number of hydrogen-bond acceptors (Lipinski definition) is 2. The maximum absolute atomic E-state index is 5.21. The second kappa shape index (κ2) is 8.39. The summed E-state index contributed by atoms with van der Waals surface area (Å²) in [5.41, 5.74) is 2.75. The lowest BCUT2D eigenvalue weighted by Crippen LogP contribution is -2.22. The molecule has 0 amide bonds. The van der Waals surface area contributed by atoms with Crippen LogP contribution in [0.3, 0.4) is 0 Å². The Morgan fingerprint density at radius 1 is 1.10 bits per heavy atom. The Morgan fingerprint density at radius 2 is 1.81 bits per heavy atom. The van der Waals surface area contributed by atoms with Gasteiger partial charge in [0.25, 0.3) is 0 Å². The third kappa shape index (κ3) is 4.71. The minimum absolute atomic E-state index is 0.408. The molecule has 0 spiro atoms. The standard InChI is InChI=1S/C18H22INO/c1-3-20-18(16-6-4-5-7-17(16)19)13-10-14-8-11-15(21-2)12-9-14/h4-9,11-12,18,20H,3,10,13H2,1-2H3. The molecule has 1 atom stereocenters. The third-order valence-electron chi connectivity index (χ3n) is 3.61. The van der Waals surface area contributed by atoms with Gasteiger partial charge in [-0.2, -0.15) is 0 Å². The molecular weight excluding hydrogens is 373 g/mol. The average Bonchev–Trinajstić information content (AvgIpc) is 2.53. The van der Waals surface area contributed by atoms with E-state index in [2.05, 4.69) is 71.2 Å². The van der Waals surface area contributed by atoms with Crippen molar-refractivity contribution in [1.29, 1.82) is 0 Å². The minimum atomic E-state index is 0.408. The SMILES string of the molecule is CCNC(CCc1ccc(OC)cc1)c1ccccc1I. The van der Waals surface area contributed by atoms with Crippen molar-refractivity contribution in [3.05, 3.63) is 63.2 Å². The van der Waals surface area contributed by atoms with Gasteiger partial charge in [0.15, 0.2) is 0 Å². The summed E-state index contributed by atoms with van der Waals surface area (Å²) in [6.45, 7) is 3.15. The molecule has 3 heteroatoms. The van der Waals surface area contributed by atoms with E-state index in [0.29, 0.717) is 6.04 Å². The highest BCUT2D eigenvalue weighted by atomic mass is 127. The second-order valence-corrected chi connectivity index (χ2v) is 6.18. The second-order valence-electron chi connectivity index (χ2n) is 5.02. The first-order valence-corrected chi connectivity index (χ1v) is 8.43. The number of ether oxygens (including phenoxy) is 1. The number of hydrogen-bond donors (Lipinski definition) is 1. The van der Waals surface area contributed by atoms with E-state index in [1.165, 1.54) is 14.7 Å². The zero-order valence-electron chi connectivity index (χ0n) is 12.6. The fourth-order valence-electron chi connectivity index (χ4n) is 2.47. The van der Waals surface area contributed by atoms with Crippen LogP contribution in [0.1, 0.15) is 30.5 Å². The van der Waals surface area contributed by atoms with Gasteiger partial charge in [0.05, 0.1) is 7.11 Å². The highest BCUT2D eigenvalue weighted by Gasteiger charge is 2.13. The summed E-state index contributed by atoms with van der Waals surface area (Å²) in [5, 5.41) is 3.60. The molecule has 2 nitrogen and oxygen atoms in total. The Kier molecular flexibility index (Phi) is 6.51. The molecule has 0 radical (unpaired) electrons. The van der Waals surface area contributed by atoms with E-state index in [9.17, 15) is 0 Å². The van der Waals surface area contributed by atoms with Crippen molar-refractivity contribution in [2.75, 3.05) is 13.7 Å². The van der Waals surface area contributed by atoms with E-state index in [0.717, 1.165) is 25.1 Å². The van der Waals surface area contributed by atoms with Crippen LogP contribution in [0, 0.1) is 3.57 Å². The number of aryl methyl sites for hydroxylation is 1. The highest BCUT2D eigenvalue weighted by molar-refractivity contribution is 14.1. The van der Waals surface area contributed by atoms with Crippen molar-refractivity contribution >= 4 is 22.6 Å². The fourth-order valence-corrected chi connectivity index (χ4v) is 3.24. The van der Waals surface area contributed by atoms with Crippen molar-refractivity contribution < 1.29 is 4.74 Å². The molecule has 0 heterocycles. The smallest absolute Gasteiger partial charge is 0.118 e. The largest absolute Gasteiger partial charge is 0.497 e. The number of halogens is 1. The first-order valence-electron chi connectivity index (χ1n) is 7.35. The topological polar surface area (TPSA) is 21.3 Å². The molecule has 2 rings (SSSR count). The summed E-state index contributed by atoms with van der Waals surface area (Å²) < 4.78 is 6.53. The van der Waals surface area contributed by atoms with Crippen LogP contribution in [-0.4, -0.2) is 13.7 Å². The Bertz CT molecular complexity index is 553. The molecule has 0 aliphatic carbocycles. The van der Waals surface area contributed by atoms with Gasteiger partial charge in [0.1, 0.15) is 5.75 Å². The first-order chi connectivity index (χ1) is 10.2. The van der Waals surface area contributed by atoms with Crippen molar-refractivity contribution in [3.8, 4) is 5.75 Å². The Hall–Kier alpha value is -1.07.